The molecule has 0 aromatic carbocycles. The predicted molar refractivity (Wildman–Crippen MR) is 268 cm³/mol. The zero-order valence-electron chi connectivity index (χ0n) is 40.2. The number of aliphatic hydroxyl groups is 2. The summed E-state index contributed by atoms with van der Waals surface area (Å²) in [5, 5.41) is 23.6. The third-order valence-corrected chi connectivity index (χ3v) is 11.0. The number of carbonyl (C=O) groups is 2. The van der Waals surface area contributed by atoms with Crippen LogP contribution >= 0.6 is 0 Å². The fourth-order valence-corrected chi connectivity index (χ4v) is 7.10. The maximum absolute atomic E-state index is 13.2. The van der Waals surface area contributed by atoms with Crippen LogP contribution in [0.3, 0.4) is 0 Å². The number of allylic oxidation sites excluding steroid dienone is 15. The molecular weight excluding hydrogens is 767 g/mol. The molecule has 0 aliphatic heterocycles. The van der Waals surface area contributed by atoms with E-state index in [1.54, 1.807) is 6.08 Å². The van der Waals surface area contributed by atoms with E-state index in [0.717, 1.165) is 89.9 Å². The summed E-state index contributed by atoms with van der Waals surface area (Å²) < 4.78 is 5.81. The lowest BCUT2D eigenvalue weighted by Gasteiger charge is -2.23. The highest BCUT2D eigenvalue weighted by Gasteiger charge is 2.23. The van der Waals surface area contributed by atoms with Gasteiger partial charge < -0.3 is 20.3 Å². The van der Waals surface area contributed by atoms with Gasteiger partial charge in [-0.1, -0.05) is 227 Å². The van der Waals surface area contributed by atoms with Crippen molar-refractivity contribution in [1.82, 2.24) is 5.32 Å². The van der Waals surface area contributed by atoms with E-state index in [9.17, 15) is 19.8 Å². The molecule has 3 unspecified atom stereocenters. The van der Waals surface area contributed by atoms with Crippen LogP contribution in [0.1, 0.15) is 220 Å². The predicted octanol–water partition coefficient (Wildman–Crippen LogP) is 15.3. The van der Waals surface area contributed by atoms with Gasteiger partial charge in [-0.2, -0.15) is 0 Å². The number of unbranched alkanes of at least 4 members (excludes halogenated alkanes) is 20. The van der Waals surface area contributed by atoms with Gasteiger partial charge in [-0.3, -0.25) is 9.59 Å². The number of amides is 1. The Morgan fingerprint density at radius 1 is 0.516 bits per heavy atom. The molecule has 0 aromatic heterocycles. The molecule has 0 aliphatic rings. The second-order valence-corrected chi connectivity index (χ2v) is 16.9. The van der Waals surface area contributed by atoms with Crippen molar-refractivity contribution in [3.8, 4) is 0 Å². The van der Waals surface area contributed by atoms with E-state index in [1.807, 2.05) is 6.08 Å². The summed E-state index contributed by atoms with van der Waals surface area (Å²) in [6, 6.07) is -0.751. The third kappa shape index (κ3) is 43.4. The maximum Gasteiger partial charge on any atom is 0.306 e. The van der Waals surface area contributed by atoms with E-state index >= 15 is 0 Å². The minimum atomic E-state index is -0.827. The zero-order chi connectivity index (χ0) is 45.2. The Morgan fingerprint density at radius 2 is 0.952 bits per heavy atom. The second-order valence-electron chi connectivity index (χ2n) is 16.9. The number of ether oxygens (including phenoxy) is 1. The lowest BCUT2D eigenvalue weighted by Crippen LogP contribution is -2.46. The summed E-state index contributed by atoms with van der Waals surface area (Å²) in [6.45, 7) is 6.29. The average Bonchev–Trinajstić information content (AvgIpc) is 3.26. The molecule has 354 valence electrons. The first-order valence-corrected chi connectivity index (χ1v) is 25.5. The quantitative estimate of drug-likeness (QED) is 0.0245. The van der Waals surface area contributed by atoms with Crippen LogP contribution in [0.2, 0.25) is 0 Å². The summed E-state index contributed by atoms with van der Waals surface area (Å²) in [4.78, 5) is 26.1. The maximum atomic E-state index is 13.2. The highest BCUT2D eigenvalue weighted by atomic mass is 16.5. The lowest BCUT2D eigenvalue weighted by atomic mass is 10.0. The lowest BCUT2D eigenvalue weighted by molar-refractivity contribution is -0.148. The highest BCUT2D eigenvalue weighted by molar-refractivity contribution is 5.78. The molecule has 0 saturated carbocycles. The average molecular weight is 862 g/mol. The number of aliphatic hydroxyl groups excluding tert-OH is 2. The minimum Gasteiger partial charge on any atom is -0.458 e. The Labute approximate surface area is 382 Å². The number of carbonyl (C=O) groups excluding carboxylic acids is 2. The van der Waals surface area contributed by atoms with Crippen LogP contribution in [0.15, 0.2) is 97.2 Å². The van der Waals surface area contributed by atoms with Gasteiger partial charge in [0, 0.05) is 6.42 Å². The van der Waals surface area contributed by atoms with Crippen LogP contribution in [0, 0.1) is 0 Å². The molecule has 0 aliphatic carbocycles. The first-order chi connectivity index (χ1) is 30.5. The number of hydrogen-bond donors (Lipinski definition) is 3. The largest absolute Gasteiger partial charge is 0.458 e. The Kier molecular flexibility index (Phi) is 46.3. The molecule has 62 heavy (non-hydrogen) atoms. The van der Waals surface area contributed by atoms with Crippen molar-refractivity contribution in [2.75, 3.05) is 6.61 Å². The van der Waals surface area contributed by atoms with Crippen molar-refractivity contribution in [2.45, 2.75) is 238 Å². The smallest absolute Gasteiger partial charge is 0.306 e. The summed E-state index contributed by atoms with van der Waals surface area (Å²) in [7, 11) is 0. The van der Waals surface area contributed by atoms with E-state index in [0.29, 0.717) is 19.3 Å². The first kappa shape index (κ1) is 58.8. The molecule has 0 saturated heterocycles. The van der Waals surface area contributed by atoms with Gasteiger partial charge in [0.1, 0.15) is 6.10 Å². The molecule has 0 rings (SSSR count). The van der Waals surface area contributed by atoms with Crippen LogP contribution in [-0.4, -0.2) is 46.9 Å². The van der Waals surface area contributed by atoms with Gasteiger partial charge in [0.05, 0.1) is 25.2 Å². The molecule has 0 heterocycles. The first-order valence-electron chi connectivity index (χ1n) is 25.5. The molecule has 3 atom stereocenters. The van der Waals surface area contributed by atoms with Crippen molar-refractivity contribution in [2.24, 2.45) is 0 Å². The molecule has 0 spiro atoms. The fraction of sp³-hybridized carbons (Fsp3) is 0.679. The molecule has 0 radical (unpaired) electrons. The molecule has 0 fully saturated rings. The van der Waals surface area contributed by atoms with Crippen molar-refractivity contribution in [3.05, 3.63) is 97.2 Å². The fourth-order valence-electron chi connectivity index (χ4n) is 7.10. The van der Waals surface area contributed by atoms with Gasteiger partial charge in [0.25, 0.3) is 0 Å². The standard InChI is InChI=1S/C56H95NO5/c1-4-7-10-13-16-19-22-24-26-27-28-29-31-34-37-40-43-46-49-56(61)62-52(47-44-41-38-35-33-30-25-23-20-17-14-11-8-5-2)50-55(60)57-53(51-58)54(59)48-45-42-39-36-32-21-18-15-12-9-6-3/h8,11,17,20,22,24-30,35,38,44,47,52-54,58-59H,4-7,9-10,12-16,18-19,21,23,31-34,36-37,39-43,45-46,48-51H2,1-3H3,(H,57,60)/b11-8+,20-17+,24-22+,27-26+,29-28+,30-25+,38-35+,47-44+. The molecular formula is C56H95NO5. The van der Waals surface area contributed by atoms with Crippen LogP contribution in [0.5, 0.6) is 0 Å². The number of esters is 1. The third-order valence-electron chi connectivity index (χ3n) is 11.0. The molecule has 3 N–H and O–H groups in total. The van der Waals surface area contributed by atoms with E-state index in [4.69, 9.17) is 4.74 Å². The van der Waals surface area contributed by atoms with Crippen LogP contribution in [0.25, 0.3) is 0 Å². The van der Waals surface area contributed by atoms with E-state index in [2.05, 4.69) is 111 Å². The molecule has 0 aromatic rings. The topological polar surface area (TPSA) is 95.9 Å². The Hall–Kier alpha value is -3.22. The van der Waals surface area contributed by atoms with Gasteiger partial charge in [-0.25, -0.2) is 0 Å². The summed E-state index contributed by atoms with van der Waals surface area (Å²) in [5.74, 6) is -0.658. The molecule has 0 bridgehead atoms. The molecule has 6 nitrogen and oxygen atoms in total. The Morgan fingerprint density at radius 3 is 1.44 bits per heavy atom. The van der Waals surface area contributed by atoms with Gasteiger partial charge in [-0.05, 0) is 76.7 Å². The number of nitrogens with one attached hydrogen (secondary N) is 1. The van der Waals surface area contributed by atoms with Gasteiger partial charge >= 0.3 is 5.97 Å². The Bertz CT molecular complexity index is 1240. The highest BCUT2D eigenvalue weighted by Crippen LogP contribution is 2.15. The van der Waals surface area contributed by atoms with Crippen molar-refractivity contribution in [3.63, 3.8) is 0 Å². The van der Waals surface area contributed by atoms with Crippen molar-refractivity contribution >= 4 is 11.9 Å². The van der Waals surface area contributed by atoms with Gasteiger partial charge in [0.15, 0.2) is 0 Å². The monoisotopic (exact) mass is 862 g/mol. The summed E-state index contributed by atoms with van der Waals surface area (Å²) in [5.41, 5.74) is 0. The molecule has 6 heteroatoms. The van der Waals surface area contributed by atoms with E-state index in [-0.39, 0.29) is 24.9 Å². The Balaban J connectivity index is 4.78. The van der Waals surface area contributed by atoms with Crippen LogP contribution in [-0.2, 0) is 14.3 Å². The number of hydrogen-bond acceptors (Lipinski definition) is 5. The van der Waals surface area contributed by atoms with Gasteiger partial charge in [0.2, 0.25) is 5.91 Å². The zero-order valence-corrected chi connectivity index (χ0v) is 40.2. The minimum absolute atomic E-state index is 0.0593. The van der Waals surface area contributed by atoms with E-state index in [1.165, 1.54) is 83.5 Å². The molecule has 1 amide bonds. The van der Waals surface area contributed by atoms with Crippen molar-refractivity contribution in [1.29, 1.82) is 0 Å². The second kappa shape index (κ2) is 48.8. The summed E-state index contributed by atoms with van der Waals surface area (Å²) in [6.07, 6.45) is 64.9. The van der Waals surface area contributed by atoms with Crippen LogP contribution < -0.4 is 5.32 Å². The summed E-state index contributed by atoms with van der Waals surface area (Å²) >= 11 is 0. The van der Waals surface area contributed by atoms with Crippen molar-refractivity contribution < 1.29 is 24.5 Å². The SMILES string of the molecule is CC/C=C/C/C=C/C/C=C/C/C=C/C/C=C/C(CC(=O)NC(CO)C(O)CCCCCCCCCCCCC)OC(=O)CCCCCCC/C=C/C=C/C=C/CCCCCCC. The van der Waals surface area contributed by atoms with E-state index < -0.39 is 18.2 Å². The van der Waals surface area contributed by atoms with Crippen LogP contribution in [0.4, 0.5) is 0 Å². The van der Waals surface area contributed by atoms with Gasteiger partial charge in [-0.15, -0.1) is 0 Å². The normalized spacial score (nSPS) is 14.1. The number of rotatable bonds is 44.